The van der Waals surface area contributed by atoms with E-state index in [4.69, 9.17) is 21.1 Å². The minimum Gasteiger partial charge on any atom is -0.497 e. The molecular weight excluding hydrogens is 382 g/mol. The fourth-order valence-electron chi connectivity index (χ4n) is 3.31. The second-order valence-electron chi connectivity index (χ2n) is 6.26. The largest absolute Gasteiger partial charge is 0.497 e. The van der Waals surface area contributed by atoms with Gasteiger partial charge in [0.25, 0.3) is 0 Å². The summed E-state index contributed by atoms with van der Waals surface area (Å²) in [5.41, 5.74) is 2.96. The van der Waals surface area contributed by atoms with Crippen LogP contribution in [0.4, 0.5) is 0 Å². The highest BCUT2D eigenvalue weighted by Gasteiger charge is 2.34. The van der Waals surface area contributed by atoms with E-state index < -0.39 is 6.10 Å². The highest BCUT2D eigenvalue weighted by atomic mass is 35.5. The van der Waals surface area contributed by atoms with E-state index in [0.717, 1.165) is 27.6 Å². The molecule has 27 heavy (non-hydrogen) atoms. The predicted octanol–water partition coefficient (Wildman–Crippen LogP) is 5.59. The number of methoxy groups -OCH3 is 1. The van der Waals surface area contributed by atoms with E-state index in [1.807, 2.05) is 65.4 Å². The van der Waals surface area contributed by atoms with Crippen LogP contribution in [0.3, 0.4) is 0 Å². The average Bonchev–Trinajstić information content (AvgIpc) is 3.11. The Kier molecular flexibility index (Phi) is 4.89. The van der Waals surface area contributed by atoms with Crippen molar-refractivity contribution in [3.63, 3.8) is 0 Å². The first kappa shape index (κ1) is 18.0. The van der Waals surface area contributed by atoms with Crippen LogP contribution < -0.4 is 4.74 Å². The fraction of sp³-hybridized carbons (Fsp3) is 0.190. The van der Waals surface area contributed by atoms with Crippen molar-refractivity contribution < 1.29 is 14.3 Å². The van der Waals surface area contributed by atoms with Gasteiger partial charge in [0.1, 0.15) is 5.75 Å². The van der Waals surface area contributed by atoms with E-state index in [1.54, 1.807) is 18.9 Å². The third-order valence-corrected chi connectivity index (χ3v) is 6.13. The van der Waals surface area contributed by atoms with E-state index in [2.05, 4.69) is 0 Å². The van der Waals surface area contributed by atoms with Gasteiger partial charge in [0.15, 0.2) is 6.10 Å². The first-order valence-electron chi connectivity index (χ1n) is 8.52. The van der Waals surface area contributed by atoms with Crippen molar-refractivity contribution >= 4 is 29.3 Å². The van der Waals surface area contributed by atoms with Crippen molar-refractivity contribution in [2.45, 2.75) is 23.2 Å². The number of thioether (sulfide) groups is 1. The van der Waals surface area contributed by atoms with E-state index in [0.29, 0.717) is 5.02 Å². The maximum atomic E-state index is 11.9. The van der Waals surface area contributed by atoms with Gasteiger partial charge in [-0.25, -0.2) is 0 Å². The molecule has 138 valence electrons. The summed E-state index contributed by atoms with van der Waals surface area (Å²) in [6, 6.07) is 17.7. The number of halogens is 1. The molecule has 0 aliphatic carbocycles. The molecule has 0 unspecified atom stereocenters. The summed E-state index contributed by atoms with van der Waals surface area (Å²) in [6.07, 6.45) is 1.54. The Labute approximate surface area is 167 Å². The molecule has 2 atom stereocenters. The van der Waals surface area contributed by atoms with Crippen LogP contribution in [0.25, 0.3) is 5.69 Å². The van der Waals surface area contributed by atoms with Crippen molar-refractivity contribution in [2.24, 2.45) is 0 Å². The van der Waals surface area contributed by atoms with Gasteiger partial charge in [0.05, 0.1) is 23.7 Å². The van der Waals surface area contributed by atoms with E-state index >= 15 is 0 Å². The smallest absolute Gasteiger partial charge is 0.303 e. The van der Waals surface area contributed by atoms with Gasteiger partial charge in [-0.2, -0.15) is 0 Å². The van der Waals surface area contributed by atoms with Gasteiger partial charge < -0.3 is 14.0 Å². The van der Waals surface area contributed by atoms with Crippen LogP contribution in [-0.2, 0) is 9.53 Å². The average molecular weight is 400 g/mol. The number of carbonyl (C=O) groups is 1. The molecular formula is C21H18ClNO3S. The highest BCUT2D eigenvalue weighted by molar-refractivity contribution is 7.99. The zero-order valence-corrected chi connectivity index (χ0v) is 16.5. The Balaban J connectivity index is 1.88. The summed E-state index contributed by atoms with van der Waals surface area (Å²) in [5, 5.41) is 0.566. The molecule has 4 rings (SSSR count). The molecule has 0 spiro atoms. The zero-order chi connectivity index (χ0) is 19.0. The van der Waals surface area contributed by atoms with Crippen molar-refractivity contribution in [1.82, 2.24) is 4.57 Å². The molecule has 2 heterocycles. The van der Waals surface area contributed by atoms with Gasteiger partial charge in [0, 0.05) is 23.0 Å². The monoisotopic (exact) mass is 399 g/mol. The lowest BCUT2D eigenvalue weighted by Crippen LogP contribution is -2.16. The first-order valence-corrected chi connectivity index (χ1v) is 9.77. The van der Waals surface area contributed by atoms with Gasteiger partial charge >= 0.3 is 5.97 Å². The highest BCUT2D eigenvalue weighted by Crippen LogP contribution is 2.51. The SMILES string of the molecule is COc1ccc([C@H]2Sc3ccc(Cl)cc3-n3cccc3[C@@H]2OC(C)=O)cc1. The Morgan fingerprint density at radius 1 is 1.15 bits per heavy atom. The predicted molar refractivity (Wildman–Crippen MR) is 107 cm³/mol. The number of aromatic nitrogens is 1. The van der Waals surface area contributed by atoms with Crippen LogP contribution in [-0.4, -0.2) is 17.6 Å². The number of nitrogens with zero attached hydrogens (tertiary/aromatic N) is 1. The van der Waals surface area contributed by atoms with Crippen LogP contribution in [0.5, 0.6) is 5.75 Å². The van der Waals surface area contributed by atoms with Crippen LogP contribution in [0.2, 0.25) is 5.02 Å². The summed E-state index contributed by atoms with van der Waals surface area (Å²) in [4.78, 5) is 13.0. The van der Waals surface area contributed by atoms with Crippen molar-refractivity contribution in [2.75, 3.05) is 7.11 Å². The number of esters is 1. The summed E-state index contributed by atoms with van der Waals surface area (Å²) >= 11 is 7.92. The standard InChI is InChI=1S/C21H18ClNO3S/c1-13(24)26-20-17-4-3-11-23(17)18-12-15(22)7-10-19(18)27-21(20)14-5-8-16(25-2)9-6-14/h3-12,20-21H,1-2H3/t20-,21+/m0/s1. The molecule has 0 radical (unpaired) electrons. The summed E-state index contributed by atoms with van der Waals surface area (Å²) in [7, 11) is 1.64. The van der Waals surface area contributed by atoms with Gasteiger partial charge in [0.2, 0.25) is 0 Å². The van der Waals surface area contributed by atoms with E-state index in [1.165, 1.54) is 6.92 Å². The minimum absolute atomic E-state index is 0.101. The number of hydrogen-bond acceptors (Lipinski definition) is 4. The van der Waals surface area contributed by atoms with Gasteiger partial charge in [-0.3, -0.25) is 4.79 Å². The van der Waals surface area contributed by atoms with Crippen molar-refractivity contribution in [1.29, 1.82) is 0 Å². The lowest BCUT2D eigenvalue weighted by molar-refractivity contribution is -0.147. The molecule has 1 aliphatic rings. The normalized spacial score (nSPS) is 18.2. The second kappa shape index (κ2) is 7.33. The van der Waals surface area contributed by atoms with Gasteiger partial charge in [-0.15, -0.1) is 11.8 Å². The number of ether oxygens (including phenoxy) is 2. The molecule has 2 aromatic carbocycles. The zero-order valence-electron chi connectivity index (χ0n) is 14.9. The van der Waals surface area contributed by atoms with Crippen LogP contribution in [0.1, 0.15) is 29.5 Å². The molecule has 0 bridgehead atoms. The fourth-order valence-corrected chi connectivity index (χ4v) is 4.79. The lowest BCUT2D eigenvalue weighted by atomic mass is 10.0. The van der Waals surface area contributed by atoms with E-state index in [9.17, 15) is 4.79 Å². The Hall–Kier alpha value is -2.37. The number of carbonyl (C=O) groups excluding carboxylic acids is 1. The Bertz CT molecular complexity index is 983. The molecule has 0 amide bonds. The number of rotatable bonds is 3. The molecule has 1 aliphatic heterocycles. The van der Waals surface area contributed by atoms with Crippen LogP contribution in [0.15, 0.2) is 65.7 Å². The quantitative estimate of drug-likeness (QED) is 0.538. The first-order chi connectivity index (χ1) is 13.1. The number of benzene rings is 2. The third kappa shape index (κ3) is 3.45. The number of fused-ring (bicyclic) bond motifs is 3. The maximum Gasteiger partial charge on any atom is 0.303 e. The molecule has 4 nitrogen and oxygen atoms in total. The molecule has 0 N–H and O–H groups in total. The van der Waals surface area contributed by atoms with Crippen molar-refractivity contribution in [3.05, 3.63) is 77.1 Å². The summed E-state index contributed by atoms with van der Waals surface area (Å²) in [5.74, 6) is 0.479. The molecule has 0 fully saturated rings. The van der Waals surface area contributed by atoms with E-state index in [-0.39, 0.29) is 11.2 Å². The Morgan fingerprint density at radius 2 is 1.93 bits per heavy atom. The number of hydrogen-bond donors (Lipinski definition) is 0. The summed E-state index contributed by atoms with van der Waals surface area (Å²) in [6.45, 7) is 1.44. The van der Waals surface area contributed by atoms with Crippen LogP contribution >= 0.6 is 23.4 Å². The maximum absolute atomic E-state index is 11.9. The second-order valence-corrected chi connectivity index (χ2v) is 7.88. The molecule has 3 aromatic rings. The molecule has 0 saturated carbocycles. The molecule has 6 heteroatoms. The van der Waals surface area contributed by atoms with Crippen molar-refractivity contribution in [3.8, 4) is 11.4 Å². The molecule has 0 saturated heterocycles. The Morgan fingerprint density at radius 3 is 2.63 bits per heavy atom. The van der Waals surface area contributed by atoms with Crippen LogP contribution in [0, 0.1) is 0 Å². The van der Waals surface area contributed by atoms with Gasteiger partial charge in [-0.05, 0) is 48.0 Å². The molecule has 1 aromatic heterocycles. The minimum atomic E-state index is -0.429. The topological polar surface area (TPSA) is 40.5 Å². The third-order valence-electron chi connectivity index (χ3n) is 4.52. The lowest BCUT2D eigenvalue weighted by Gasteiger charge is -2.25. The summed E-state index contributed by atoms with van der Waals surface area (Å²) < 4.78 is 13.1. The van der Waals surface area contributed by atoms with Gasteiger partial charge in [-0.1, -0.05) is 23.7 Å².